The maximum Gasteiger partial charge on any atom is 0.0712 e. The van der Waals surface area contributed by atoms with Crippen LogP contribution in [0.2, 0.25) is 0 Å². The minimum atomic E-state index is 0.187. The van der Waals surface area contributed by atoms with E-state index in [0.29, 0.717) is 0 Å². The molecule has 3 heteroatoms. The van der Waals surface area contributed by atoms with Crippen LogP contribution in [-0.4, -0.2) is 6.04 Å². The summed E-state index contributed by atoms with van der Waals surface area (Å²) in [6.45, 7) is 0. The number of hydrogen-bond acceptors (Lipinski definition) is 3. The molecule has 0 saturated heterocycles. The Balaban J connectivity index is 0.996. The van der Waals surface area contributed by atoms with E-state index in [-0.39, 0.29) is 12.0 Å². The molecule has 9 aromatic rings. The summed E-state index contributed by atoms with van der Waals surface area (Å²) in [5.74, 6) is 0.208. The largest absolute Gasteiger partial charge is 0.333 e. The van der Waals surface area contributed by atoms with E-state index in [1.165, 1.54) is 81.6 Å². The van der Waals surface area contributed by atoms with Crippen LogP contribution in [0.5, 0.6) is 0 Å². The molecule has 0 fully saturated rings. The van der Waals surface area contributed by atoms with Crippen molar-refractivity contribution in [1.82, 2.24) is 0 Å². The molecule has 1 aromatic heterocycles. The fourth-order valence-electron chi connectivity index (χ4n) is 9.99. The van der Waals surface area contributed by atoms with Crippen LogP contribution in [0.1, 0.15) is 34.8 Å². The number of thiophene rings is 1. The van der Waals surface area contributed by atoms with Crippen molar-refractivity contribution < 1.29 is 0 Å². The molecule has 2 aliphatic carbocycles. The van der Waals surface area contributed by atoms with Crippen molar-refractivity contribution in [2.24, 2.45) is 0 Å². The first-order valence-electron chi connectivity index (χ1n) is 20.7. The summed E-state index contributed by atoms with van der Waals surface area (Å²) in [5, 5.41) is 3.87. The molecule has 0 radical (unpaired) electrons. The number of fused-ring (bicyclic) bond motifs is 10. The third-order valence-electron chi connectivity index (χ3n) is 12.6. The van der Waals surface area contributed by atoms with Gasteiger partial charge in [-0.05, 0) is 135 Å². The average molecular weight is 773 g/mol. The van der Waals surface area contributed by atoms with Crippen LogP contribution in [-0.2, 0) is 0 Å². The summed E-state index contributed by atoms with van der Waals surface area (Å²) < 4.78 is 1.37. The van der Waals surface area contributed by atoms with E-state index in [0.717, 1.165) is 29.9 Å². The quantitative estimate of drug-likeness (QED) is 0.166. The Morgan fingerprint density at radius 2 is 1.17 bits per heavy atom. The second-order valence-electron chi connectivity index (χ2n) is 15.9. The zero-order valence-corrected chi connectivity index (χ0v) is 33.3. The molecule has 0 saturated carbocycles. The van der Waals surface area contributed by atoms with E-state index in [1.807, 2.05) is 11.3 Å². The van der Waals surface area contributed by atoms with Gasteiger partial charge in [-0.15, -0.1) is 11.3 Å². The number of benzene rings is 8. The third kappa shape index (κ3) is 5.61. The van der Waals surface area contributed by atoms with Gasteiger partial charge in [0.1, 0.15) is 0 Å². The summed E-state index contributed by atoms with van der Waals surface area (Å²) >= 11 is 2.01. The van der Waals surface area contributed by atoms with Crippen molar-refractivity contribution in [3.8, 4) is 22.3 Å². The van der Waals surface area contributed by atoms with E-state index in [4.69, 9.17) is 0 Å². The Morgan fingerprint density at radius 1 is 0.525 bits per heavy atom. The van der Waals surface area contributed by atoms with Gasteiger partial charge in [-0.2, -0.15) is 0 Å². The lowest BCUT2D eigenvalue weighted by Gasteiger charge is -2.37. The fourth-order valence-corrected chi connectivity index (χ4v) is 11.4. The van der Waals surface area contributed by atoms with Crippen LogP contribution in [0.25, 0.3) is 48.7 Å². The predicted molar refractivity (Wildman–Crippen MR) is 251 cm³/mol. The molecule has 8 aromatic carbocycles. The van der Waals surface area contributed by atoms with Crippen LogP contribution in [0.3, 0.4) is 0 Å². The highest BCUT2D eigenvalue weighted by Crippen LogP contribution is 2.60. The molecule has 280 valence electrons. The first-order chi connectivity index (χ1) is 29.3. The smallest absolute Gasteiger partial charge is 0.0712 e. The van der Waals surface area contributed by atoms with Crippen molar-refractivity contribution in [3.05, 3.63) is 228 Å². The number of para-hydroxylation sites is 2. The summed E-state index contributed by atoms with van der Waals surface area (Å²) in [5.41, 5.74) is 16.9. The first-order valence-corrected chi connectivity index (χ1v) is 21.5. The number of hydrogen-bond donors (Lipinski definition) is 0. The minimum absolute atomic E-state index is 0.187. The number of rotatable bonds is 6. The van der Waals surface area contributed by atoms with Gasteiger partial charge >= 0.3 is 0 Å². The second-order valence-corrected chi connectivity index (χ2v) is 17.0. The van der Waals surface area contributed by atoms with Gasteiger partial charge in [0.25, 0.3) is 0 Å². The SMILES string of the molecule is C1=CC2=C(CC1)c1c(sc3ccc(-c4ccccc4)cc13)C1c3cc(-c4ccc(N(c5ccccc5)c5ccc6ccccc6c5)cc4)ccc3N(c3ccccc3)C21. The normalized spacial score (nSPS) is 16.5. The summed E-state index contributed by atoms with van der Waals surface area (Å²) in [6, 6.07) is 71.7. The maximum atomic E-state index is 2.64. The van der Waals surface area contributed by atoms with Gasteiger partial charge in [-0.25, -0.2) is 0 Å². The summed E-state index contributed by atoms with van der Waals surface area (Å²) in [7, 11) is 0. The lowest BCUT2D eigenvalue weighted by molar-refractivity contribution is 0.700. The van der Waals surface area contributed by atoms with Crippen LogP contribution in [0.15, 0.2) is 212 Å². The van der Waals surface area contributed by atoms with Crippen LogP contribution >= 0.6 is 11.3 Å². The fraction of sp³-hybridized carbons (Fsp3) is 0.0714. The van der Waals surface area contributed by atoms with Crippen molar-refractivity contribution in [3.63, 3.8) is 0 Å². The molecule has 2 heterocycles. The summed E-state index contributed by atoms with van der Waals surface area (Å²) in [6.07, 6.45) is 7.01. The molecule has 2 nitrogen and oxygen atoms in total. The van der Waals surface area contributed by atoms with E-state index in [2.05, 4.69) is 216 Å². The van der Waals surface area contributed by atoms with Crippen LogP contribution < -0.4 is 9.80 Å². The van der Waals surface area contributed by atoms with Crippen molar-refractivity contribution in [2.45, 2.75) is 24.8 Å². The highest BCUT2D eigenvalue weighted by Gasteiger charge is 2.48. The van der Waals surface area contributed by atoms with Crippen molar-refractivity contribution >= 4 is 66.2 Å². The van der Waals surface area contributed by atoms with Crippen molar-refractivity contribution in [1.29, 1.82) is 0 Å². The Morgan fingerprint density at radius 3 is 1.98 bits per heavy atom. The van der Waals surface area contributed by atoms with Crippen LogP contribution in [0, 0.1) is 0 Å². The zero-order chi connectivity index (χ0) is 38.9. The first kappa shape index (κ1) is 34.1. The second kappa shape index (κ2) is 13.9. The Hall–Kier alpha value is -6.94. The highest BCUT2D eigenvalue weighted by atomic mass is 32.1. The molecule has 59 heavy (non-hydrogen) atoms. The molecule has 2 atom stereocenters. The molecule has 3 aliphatic rings. The number of anilines is 5. The Kier molecular flexibility index (Phi) is 8.02. The lowest BCUT2D eigenvalue weighted by Crippen LogP contribution is -2.35. The monoisotopic (exact) mass is 772 g/mol. The lowest BCUT2D eigenvalue weighted by atomic mass is 9.74. The van der Waals surface area contributed by atoms with Gasteiger partial charge in [0, 0.05) is 54.9 Å². The minimum Gasteiger partial charge on any atom is -0.333 e. The highest BCUT2D eigenvalue weighted by molar-refractivity contribution is 7.19. The Labute approximate surface area is 349 Å². The van der Waals surface area contributed by atoms with E-state index < -0.39 is 0 Å². The van der Waals surface area contributed by atoms with Gasteiger partial charge in [-0.1, -0.05) is 133 Å². The molecular formula is C56H40N2S. The Bertz CT molecular complexity index is 3110. The average Bonchev–Trinajstić information content (AvgIpc) is 3.86. The number of allylic oxidation sites excluding steroid dienone is 2. The standard InChI is InChI=1S/C56H40N2S/c1-4-14-37(15-5-1)42-28-33-52-50(36-42)53-47-22-12-13-23-48(47)55-54(56(53)59-52)49-35-41(27-32-51(49)58(55)44-20-8-3-9-21-44)39-24-29-45(30-25-39)57(43-18-6-2-7-19-43)46-31-26-38-16-10-11-17-40(38)34-46/h1-11,13-21,23-36,54-55H,12,22H2. The molecule has 0 amide bonds. The molecule has 0 spiro atoms. The van der Waals surface area contributed by atoms with Crippen LogP contribution in [0.4, 0.5) is 28.4 Å². The molecular weight excluding hydrogens is 733 g/mol. The van der Waals surface area contributed by atoms with Gasteiger partial charge in [0.2, 0.25) is 0 Å². The van der Waals surface area contributed by atoms with Gasteiger partial charge < -0.3 is 9.80 Å². The molecule has 0 N–H and O–H groups in total. The molecule has 12 rings (SSSR count). The van der Waals surface area contributed by atoms with Gasteiger partial charge in [-0.3, -0.25) is 0 Å². The summed E-state index contributed by atoms with van der Waals surface area (Å²) in [4.78, 5) is 6.51. The topological polar surface area (TPSA) is 6.48 Å². The van der Waals surface area contributed by atoms with E-state index in [9.17, 15) is 0 Å². The zero-order valence-electron chi connectivity index (χ0n) is 32.5. The predicted octanol–water partition coefficient (Wildman–Crippen LogP) is 15.6. The van der Waals surface area contributed by atoms with E-state index >= 15 is 0 Å². The number of nitrogens with zero attached hydrogens (tertiary/aromatic N) is 2. The third-order valence-corrected chi connectivity index (χ3v) is 13.9. The van der Waals surface area contributed by atoms with Gasteiger partial charge in [0.05, 0.1) is 6.04 Å². The molecule has 2 unspecified atom stereocenters. The molecule has 1 aliphatic heterocycles. The van der Waals surface area contributed by atoms with E-state index in [1.54, 1.807) is 0 Å². The van der Waals surface area contributed by atoms with Gasteiger partial charge in [0.15, 0.2) is 0 Å². The molecule has 0 bridgehead atoms. The maximum absolute atomic E-state index is 2.64. The van der Waals surface area contributed by atoms with Crippen molar-refractivity contribution in [2.75, 3.05) is 9.80 Å².